The quantitative estimate of drug-likeness (QED) is 0.567. The van der Waals surface area contributed by atoms with Crippen LogP contribution in [0.15, 0.2) is 52.5 Å². The van der Waals surface area contributed by atoms with Crippen molar-refractivity contribution in [2.45, 2.75) is 6.42 Å². The molecule has 0 unspecified atom stereocenters. The molecule has 0 saturated heterocycles. The molecule has 0 aliphatic rings. The lowest BCUT2D eigenvalue weighted by molar-refractivity contribution is -0.115. The fraction of sp³-hybridized carbons (Fsp3) is 0.111. The summed E-state index contributed by atoms with van der Waals surface area (Å²) in [6.45, 7) is 0. The Kier molecular flexibility index (Phi) is 3.99. The number of aromatic amines is 1. The summed E-state index contributed by atoms with van der Waals surface area (Å²) in [4.78, 5) is 13.4. The first kappa shape index (κ1) is 15.5. The number of hydrogen-bond donors (Lipinski definition) is 2. The smallest absolute Gasteiger partial charge is 0.230 e. The molecule has 3 aromatic heterocycles. The summed E-state index contributed by atoms with van der Waals surface area (Å²) >= 11 is 1.61. The second-order valence-electron chi connectivity index (χ2n) is 5.49. The molecular weight excluding hydrogens is 338 g/mol. The van der Waals surface area contributed by atoms with Gasteiger partial charge < -0.3 is 14.5 Å². The lowest BCUT2D eigenvalue weighted by atomic mass is 10.1. The maximum absolute atomic E-state index is 12.3. The number of thiophene rings is 1. The van der Waals surface area contributed by atoms with E-state index in [4.69, 9.17) is 9.15 Å². The Morgan fingerprint density at radius 3 is 3.08 bits per heavy atom. The Bertz CT molecular complexity index is 1020. The lowest BCUT2D eigenvalue weighted by Gasteiger charge is -2.01. The van der Waals surface area contributed by atoms with Crippen LogP contribution in [0.1, 0.15) is 5.56 Å². The Labute approximate surface area is 147 Å². The van der Waals surface area contributed by atoms with Gasteiger partial charge in [-0.25, -0.2) is 0 Å². The molecule has 126 valence electrons. The minimum Gasteiger partial charge on any atom is -0.497 e. The van der Waals surface area contributed by atoms with Crippen LogP contribution in [-0.2, 0) is 11.2 Å². The standard InChI is InChI=1S/C18H15N3O3S/c1-23-12-4-5-13-11(10-24-15(13)8-12)7-18(22)19-17-9-14(20-21-17)16-3-2-6-25-16/h2-6,8-10H,7H2,1H3,(H2,19,20,21,22). The number of H-pyrrole nitrogens is 1. The van der Waals surface area contributed by atoms with E-state index in [2.05, 4.69) is 15.5 Å². The predicted octanol–water partition coefficient (Wildman–Crippen LogP) is 4.07. The van der Waals surface area contributed by atoms with Crippen molar-refractivity contribution in [1.29, 1.82) is 0 Å². The Morgan fingerprint density at radius 1 is 1.36 bits per heavy atom. The summed E-state index contributed by atoms with van der Waals surface area (Å²) in [5, 5.41) is 12.8. The van der Waals surface area contributed by atoms with Gasteiger partial charge in [-0.2, -0.15) is 5.10 Å². The molecule has 25 heavy (non-hydrogen) atoms. The molecule has 3 heterocycles. The first-order valence-corrected chi connectivity index (χ1v) is 8.54. The van der Waals surface area contributed by atoms with Crippen LogP contribution in [0.2, 0.25) is 0 Å². The first-order valence-electron chi connectivity index (χ1n) is 7.66. The number of anilines is 1. The van der Waals surface area contributed by atoms with Crippen LogP contribution in [0.4, 0.5) is 5.82 Å². The van der Waals surface area contributed by atoms with E-state index < -0.39 is 0 Å². The molecule has 0 aliphatic carbocycles. The zero-order chi connectivity index (χ0) is 17.2. The van der Waals surface area contributed by atoms with Crippen molar-refractivity contribution in [3.63, 3.8) is 0 Å². The van der Waals surface area contributed by atoms with Crippen LogP contribution in [0, 0.1) is 0 Å². The van der Waals surface area contributed by atoms with Crippen LogP contribution in [-0.4, -0.2) is 23.2 Å². The van der Waals surface area contributed by atoms with Gasteiger partial charge in [0.2, 0.25) is 5.91 Å². The molecule has 4 aromatic rings. The molecule has 6 nitrogen and oxygen atoms in total. The molecule has 2 N–H and O–H groups in total. The molecule has 0 aliphatic heterocycles. The molecule has 0 fully saturated rings. The summed E-state index contributed by atoms with van der Waals surface area (Å²) in [5.41, 5.74) is 2.40. The summed E-state index contributed by atoms with van der Waals surface area (Å²) < 4.78 is 10.7. The van der Waals surface area contributed by atoms with E-state index in [1.165, 1.54) is 0 Å². The molecular formula is C18H15N3O3S. The number of nitrogens with one attached hydrogen (secondary N) is 2. The highest BCUT2D eigenvalue weighted by molar-refractivity contribution is 7.13. The first-order chi connectivity index (χ1) is 12.2. The normalized spacial score (nSPS) is 10.9. The third kappa shape index (κ3) is 3.14. The number of rotatable bonds is 5. The molecule has 4 rings (SSSR count). The average molecular weight is 353 g/mol. The van der Waals surface area contributed by atoms with Crippen LogP contribution < -0.4 is 10.1 Å². The summed E-state index contributed by atoms with van der Waals surface area (Å²) in [7, 11) is 1.60. The van der Waals surface area contributed by atoms with Crippen LogP contribution in [0.5, 0.6) is 5.75 Å². The number of furan rings is 1. The number of hydrogen-bond acceptors (Lipinski definition) is 5. The highest BCUT2D eigenvalue weighted by Gasteiger charge is 2.13. The van der Waals surface area contributed by atoms with E-state index in [9.17, 15) is 4.79 Å². The van der Waals surface area contributed by atoms with Gasteiger partial charge in [-0.3, -0.25) is 9.89 Å². The number of carbonyl (C=O) groups is 1. The van der Waals surface area contributed by atoms with Gasteiger partial charge in [0.1, 0.15) is 11.3 Å². The van der Waals surface area contributed by atoms with Crippen LogP contribution in [0.25, 0.3) is 21.5 Å². The fourth-order valence-corrected chi connectivity index (χ4v) is 3.32. The van der Waals surface area contributed by atoms with Gasteiger partial charge >= 0.3 is 0 Å². The third-order valence-corrected chi connectivity index (χ3v) is 4.75. The summed E-state index contributed by atoms with van der Waals surface area (Å²) in [6.07, 6.45) is 1.81. The number of ether oxygens (including phenoxy) is 1. The van der Waals surface area contributed by atoms with Crippen molar-refractivity contribution in [3.8, 4) is 16.3 Å². The van der Waals surface area contributed by atoms with Gasteiger partial charge in [-0.15, -0.1) is 11.3 Å². The van der Waals surface area contributed by atoms with Gasteiger partial charge in [-0.05, 0) is 23.6 Å². The molecule has 0 radical (unpaired) electrons. The number of amides is 1. The number of methoxy groups -OCH3 is 1. The third-order valence-electron chi connectivity index (χ3n) is 3.85. The highest BCUT2D eigenvalue weighted by Crippen LogP contribution is 2.27. The monoisotopic (exact) mass is 353 g/mol. The SMILES string of the molecule is COc1ccc2c(CC(=O)Nc3cc(-c4cccs4)[nH]n3)coc2c1. The van der Waals surface area contributed by atoms with Crippen molar-refractivity contribution in [2.75, 3.05) is 12.4 Å². The zero-order valence-corrected chi connectivity index (χ0v) is 14.2. The van der Waals surface area contributed by atoms with E-state index in [1.807, 2.05) is 35.7 Å². The van der Waals surface area contributed by atoms with E-state index in [-0.39, 0.29) is 12.3 Å². The second-order valence-corrected chi connectivity index (χ2v) is 6.44. The molecule has 0 spiro atoms. The average Bonchev–Trinajstić information content (AvgIpc) is 3.35. The summed E-state index contributed by atoms with van der Waals surface area (Å²) in [6, 6.07) is 11.3. The predicted molar refractivity (Wildman–Crippen MR) is 97.0 cm³/mol. The Balaban J connectivity index is 1.47. The lowest BCUT2D eigenvalue weighted by Crippen LogP contribution is -2.14. The minimum atomic E-state index is -0.150. The number of carbonyl (C=O) groups excluding carboxylic acids is 1. The van der Waals surface area contributed by atoms with Gasteiger partial charge in [-0.1, -0.05) is 6.07 Å². The number of nitrogens with zero attached hydrogens (tertiary/aromatic N) is 1. The van der Waals surface area contributed by atoms with Gasteiger partial charge in [0, 0.05) is 23.1 Å². The number of aromatic nitrogens is 2. The highest BCUT2D eigenvalue weighted by atomic mass is 32.1. The van der Waals surface area contributed by atoms with Crippen molar-refractivity contribution in [2.24, 2.45) is 0 Å². The Hall–Kier alpha value is -3.06. The molecule has 0 bridgehead atoms. The Morgan fingerprint density at radius 2 is 2.28 bits per heavy atom. The van der Waals surface area contributed by atoms with E-state index in [1.54, 1.807) is 30.8 Å². The van der Waals surface area contributed by atoms with Crippen molar-refractivity contribution >= 4 is 34.0 Å². The molecule has 1 aromatic carbocycles. The van der Waals surface area contributed by atoms with Gasteiger partial charge in [0.15, 0.2) is 5.82 Å². The van der Waals surface area contributed by atoms with E-state index in [0.717, 1.165) is 27.3 Å². The second kappa shape index (κ2) is 6.45. The topological polar surface area (TPSA) is 80.1 Å². The molecule has 7 heteroatoms. The van der Waals surface area contributed by atoms with Crippen molar-refractivity contribution in [1.82, 2.24) is 10.2 Å². The summed E-state index contributed by atoms with van der Waals surface area (Å²) in [5.74, 6) is 1.07. The van der Waals surface area contributed by atoms with Crippen molar-refractivity contribution < 1.29 is 13.9 Å². The molecule has 0 atom stereocenters. The largest absolute Gasteiger partial charge is 0.497 e. The molecule has 1 amide bonds. The van der Waals surface area contributed by atoms with Gasteiger partial charge in [0.05, 0.1) is 30.4 Å². The number of benzene rings is 1. The maximum atomic E-state index is 12.3. The minimum absolute atomic E-state index is 0.150. The van der Waals surface area contributed by atoms with Crippen molar-refractivity contribution in [3.05, 3.63) is 53.6 Å². The molecule has 0 saturated carbocycles. The van der Waals surface area contributed by atoms with Gasteiger partial charge in [0.25, 0.3) is 0 Å². The zero-order valence-electron chi connectivity index (χ0n) is 13.4. The van der Waals surface area contributed by atoms with E-state index in [0.29, 0.717) is 11.4 Å². The van der Waals surface area contributed by atoms with Crippen LogP contribution >= 0.6 is 11.3 Å². The number of fused-ring (bicyclic) bond motifs is 1. The van der Waals surface area contributed by atoms with E-state index >= 15 is 0 Å². The maximum Gasteiger partial charge on any atom is 0.230 e. The fourth-order valence-electron chi connectivity index (χ4n) is 2.63. The van der Waals surface area contributed by atoms with Crippen LogP contribution in [0.3, 0.4) is 0 Å².